The Morgan fingerprint density at radius 1 is 1.27 bits per heavy atom. The van der Waals surface area contributed by atoms with Gasteiger partial charge in [0.05, 0.1) is 0 Å². The highest BCUT2D eigenvalue weighted by atomic mass is 35.5. The van der Waals surface area contributed by atoms with Crippen LogP contribution in [0.3, 0.4) is 0 Å². The Kier molecular flexibility index (Phi) is 6.64. The number of halogens is 6. The highest BCUT2D eigenvalue weighted by Gasteiger charge is 2.53. The molecule has 0 aromatic rings. The molecule has 1 unspecified atom stereocenters. The van der Waals surface area contributed by atoms with Gasteiger partial charge in [-0.15, -0.1) is 0 Å². The van der Waals surface area contributed by atoms with Crippen molar-refractivity contribution in [3.05, 3.63) is 0 Å². The number of alkyl halides is 6. The SMILES string of the molecule is CCCCOC(Cl)CC(Cl)(Cl)C(F)(F)F. The van der Waals surface area contributed by atoms with E-state index in [0.29, 0.717) is 6.61 Å². The van der Waals surface area contributed by atoms with Gasteiger partial charge in [-0.3, -0.25) is 0 Å². The Hall–Kier alpha value is 0.620. The molecule has 0 aliphatic rings. The maximum Gasteiger partial charge on any atom is 0.421 e. The lowest BCUT2D eigenvalue weighted by Crippen LogP contribution is -2.37. The number of unbranched alkanes of at least 4 members (excludes halogenated alkanes) is 1. The monoisotopic (exact) mass is 286 g/mol. The van der Waals surface area contributed by atoms with Crippen molar-refractivity contribution in [3.8, 4) is 0 Å². The first-order valence-electron chi connectivity index (χ1n) is 4.41. The maximum atomic E-state index is 12.2. The van der Waals surface area contributed by atoms with E-state index in [1.807, 2.05) is 6.92 Å². The van der Waals surface area contributed by atoms with E-state index < -0.39 is 22.5 Å². The van der Waals surface area contributed by atoms with Crippen LogP contribution in [0.25, 0.3) is 0 Å². The topological polar surface area (TPSA) is 9.23 Å². The Labute approximate surface area is 102 Å². The van der Waals surface area contributed by atoms with Gasteiger partial charge in [0.2, 0.25) is 4.33 Å². The second-order valence-corrected chi connectivity index (χ2v) is 5.01. The Morgan fingerprint density at radius 2 is 1.80 bits per heavy atom. The lowest BCUT2D eigenvalue weighted by molar-refractivity contribution is -0.146. The van der Waals surface area contributed by atoms with Gasteiger partial charge in [-0.1, -0.05) is 48.1 Å². The smallest absolute Gasteiger partial charge is 0.362 e. The molecule has 92 valence electrons. The van der Waals surface area contributed by atoms with Crippen molar-refractivity contribution in [2.45, 2.75) is 42.3 Å². The molecular weight excluding hydrogens is 275 g/mol. The van der Waals surface area contributed by atoms with Crippen molar-refractivity contribution < 1.29 is 17.9 Å². The third kappa shape index (κ3) is 6.05. The van der Waals surface area contributed by atoms with Gasteiger partial charge < -0.3 is 4.74 Å². The Balaban J connectivity index is 3.99. The van der Waals surface area contributed by atoms with Crippen LogP contribution in [-0.4, -0.2) is 22.7 Å². The first-order valence-corrected chi connectivity index (χ1v) is 5.60. The summed E-state index contributed by atoms with van der Waals surface area (Å²) in [6.45, 7) is 2.22. The van der Waals surface area contributed by atoms with Crippen LogP contribution in [0.4, 0.5) is 13.2 Å². The highest BCUT2D eigenvalue weighted by molar-refractivity contribution is 6.49. The third-order valence-corrected chi connectivity index (χ3v) is 2.65. The van der Waals surface area contributed by atoms with E-state index in [4.69, 9.17) is 39.5 Å². The van der Waals surface area contributed by atoms with Crippen LogP contribution in [0.15, 0.2) is 0 Å². The molecule has 0 saturated carbocycles. The molecule has 0 bridgehead atoms. The summed E-state index contributed by atoms with van der Waals surface area (Å²) >= 11 is 15.7. The molecule has 1 nitrogen and oxygen atoms in total. The molecule has 0 saturated heterocycles. The Bertz CT molecular complexity index is 184. The molecule has 0 amide bonds. The summed E-state index contributed by atoms with van der Waals surface area (Å²) in [5.41, 5.74) is -1.13. The zero-order valence-corrected chi connectivity index (χ0v) is 10.3. The fraction of sp³-hybridized carbons (Fsp3) is 1.00. The van der Waals surface area contributed by atoms with Gasteiger partial charge in [-0.25, -0.2) is 0 Å². The molecular formula is C8H12Cl3F3O. The average Bonchev–Trinajstić information content (AvgIpc) is 2.01. The van der Waals surface area contributed by atoms with Crippen molar-refractivity contribution in [1.29, 1.82) is 0 Å². The van der Waals surface area contributed by atoms with Gasteiger partial charge in [-0.05, 0) is 6.42 Å². The minimum absolute atomic E-state index is 0.298. The first-order chi connectivity index (χ1) is 6.70. The molecule has 0 spiro atoms. The normalized spacial score (nSPS) is 15.4. The van der Waals surface area contributed by atoms with Crippen LogP contribution in [0.2, 0.25) is 0 Å². The van der Waals surface area contributed by atoms with E-state index in [0.717, 1.165) is 12.8 Å². The third-order valence-electron chi connectivity index (χ3n) is 1.63. The number of hydrogen-bond donors (Lipinski definition) is 0. The predicted molar refractivity (Wildman–Crippen MR) is 55.6 cm³/mol. The van der Waals surface area contributed by atoms with Crippen LogP contribution in [0, 0.1) is 0 Å². The second-order valence-electron chi connectivity index (χ2n) is 3.04. The molecule has 0 aliphatic carbocycles. The van der Waals surface area contributed by atoms with Crippen LogP contribution in [-0.2, 0) is 4.74 Å². The summed E-state index contributed by atoms with van der Waals surface area (Å²) < 4.78 is 38.7. The zero-order chi connectivity index (χ0) is 12.1. The van der Waals surface area contributed by atoms with Crippen LogP contribution >= 0.6 is 34.8 Å². The molecule has 0 fully saturated rings. The molecule has 0 aliphatic heterocycles. The number of rotatable bonds is 6. The molecule has 15 heavy (non-hydrogen) atoms. The van der Waals surface area contributed by atoms with Gasteiger partial charge in [-0.2, -0.15) is 13.2 Å². The number of hydrogen-bond acceptors (Lipinski definition) is 1. The van der Waals surface area contributed by atoms with Gasteiger partial charge in [0, 0.05) is 13.0 Å². The van der Waals surface area contributed by atoms with Crippen molar-refractivity contribution in [3.63, 3.8) is 0 Å². The molecule has 0 aromatic carbocycles. The molecule has 0 rings (SSSR count). The first kappa shape index (κ1) is 15.6. The van der Waals surface area contributed by atoms with Crippen molar-refractivity contribution in [2.24, 2.45) is 0 Å². The van der Waals surface area contributed by atoms with E-state index in [2.05, 4.69) is 0 Å². The molecule has 0 radical (unpaired) electrons. The summed E-state index contributed by atoms with van der Waals surface area (Å²) in [7, 11) is 0. The fourth-order valence-corrected chi connectivity index (χ4v) is 1.49. The summed E-state index contributed by atoms with van der Waals surface area (Å²) in [5, 5.41) is 0. The molecule has 0 heterocycles. The second kappa shape index (κ2) is 6.38. The van der Waals surface area contributed by atoms with Crippen molar-refractivity contribution >= 4 is 34.8 Å². The van der Waals surface area contributed by atoms with E-state index in [-0.39, 0.29) is 0 Å². The molecule has 0 aromatic heterocycles. The summed E-state index contributed by atoms with van der Waals surface area (Å²) in [4.78, 5) is 0. The summed E-state index contributed by atoms with van der Waals surface area (Å²) in [5.74, 6) is 0. The van der Waals surface area contributed by atoms with E-state index in [1.165, 1.54) is 0 Å². The van der Waals surface area contributed by atoms with Gasteiger partial charge in [0.1, 0.15) is 5.56 Å². The van der Waals surface area contributed by atoms with Crippen molar-refractivity contribution in [2.75, 3.05) is 6.61 Å². The predicted octanol–water partition coefficient (Wildman–Crippen LogP) is 4.49. The van der Waals surface area contributed by atoms with Gasteiger partial charge in [0.15, 0.2) is 0 Å². The zero-order valence-electron chi connectivity index (χ0n) is 8.08. The standard InChI is InChI=1S/C8H12Cl3F3O/c1-2-3-4-15-6(9)5-7(10,11)8(12,13)14/h6H,2-5H2,1H3. The molecule has 1 atom stereocenters. The summed E-state index contributed by atoms with van der Waals surface area (Å²) in [6, 6.07) is 0. The lowest BCUT2D eigenvalue weighted by Gasteiger charge is -2.24. The fourth-order valence-electron chi connectivity index (χ4n) is 0.732. The van der Waals surface area contributed by atoms with Crippen molar-refractivity contribution in [1.82, 2.24) is 0 Å². The van der Waals surface area contributed by atoms with Crippen LogP contribution in [0.1, 0.15) is 26.2 Å². The molecule has 0 N–H and O–H groups in total. The van der Waals surface area contributed by atoms with E-state index in [9.17, 15) is 13.2 Å². The van der Waals surface area contributed by atoms with E-state index >= 15 is 0 Å². The minimum atomic E-state index is -4.71. The van der Waals surface area contributed by atoms with Gasteiger partial charge >= 0.3 is 6.18 Å². The minimum Gasteiger partial charge on any atom is -0.362 e. The summed E-state index contributed by atoms with van der Waals surface area (Å²) in [6.07, 6.45) is -3.80. The van der Waals surface area contributed by atoms with E-state index in [1.54, 1.807) is 0 Å². The maximum absolute atomic E-state index is 12.2. The molecule has 7 heteroatoms. The van der Waals surface area contributed by atoms with Gasteiger partial charge in [0.25, 0.3) is 0 Å². The average molecular weight is 288 g/mol. The quantitative estimate of drug-likeness (QED) is 0.516. The number of ether oxygens (including phenoxy) is 1. The Morgan fingerprint density at radius 3 is 2.20 bits per heavy atom. The van der Waals surface area contributed by atoms with Crippen LogP contribution in [0.5, 0.6) is 0 Å². The largest absolute Gasteiger partial charge is 0.421 e. The van der Waals surface area contributed by atoms with Crippen LogP contribution < -0.4 is 0 Å². The lowest BCUT2D eigenvalue weighted by atomic mass is 10.3. The highest BCUT2D eigenvalue weighted by Crippen LogP contribution is 2.44.